The maximum Gasteiger partial charge on any atom is 0.407 e. The van der Waals surface area contributed by atoms with Gasteiger partial charge in [-0.25, -0.2) is 4.79 Å². The van der Waals surface area contributed by atoms with Gasteiger partial charge in [-0.05, 0) is 40.2 Å². The molecule has 1 aliphatic heterocycles. The topological polar surface area (TPSA) is 94.5 Å². The van der Waals surface area contributed by atoms with Crippen molar-refractivity contribution < 1.29 is 14.3 Å². The van der Waals surface area contributed by atoms with Crippen molar-refractivity contribution in [2.75, 3.05) is 32.7 Å². The van der Waals surface area contributed by atoms with Gasteiger partial charge in [-0.3, -0.25) is 9.69 Å². The van der Waals surface area contributed by atoms with Crippen molar-refractivity contribution in [3.63, 3.8) is 0 Å². The quantitative estimate of drug-likeness (QED) is 0.580. The Morgan fingerprint density at radius 3 is 2.64 bits per heavy atom. The van der Waals surface area contributed by atoms with E-state index in [4.69, 9.17) is 10.00 Å². The van der Waals surface area contributed by atoms with E-state index in [0.717, 1.165) is 19.4 Å². The summed E-state index contributed by atoms with van der Waals surface area (Å²) in [5, 5.41) is 14.1. The van der Waals surface area contributed by atoms with E-state index in [2.05, 4.69) is 16.7 Å². The zero-order valence-electron chi connectivity index (χ0n) is 13.6. The van der Waals surface area contributed by atoms with Crippen LogP contribution in [0.3, 0.4) is 0 Å². The minimum Gasteiger partial charge on any atom is -0.444 e. The molecule has 0 aromatic heterocycles. The first-order valence-electron chi connectivity index (χ1n) is 7.65. The monoisotopic (exact) mass is 310 g/mol. The molecule has 2 amide bonds. The molecular formula is C15H26N4O3. The van der Waals surface area contributed by atoms with Crippen molar-refractivity contribution in [1.29, 1.82) is 5.26 Å². The Kier molecular flexibility index (Phi) is 7.12. The average molecular weight is 310 g/mol. The molecule has 0 spiro atoms. The molecule has 124 valence electrons. The minimum absolute atomic E-state index is 0.0198. The maximum atomic E-state index is 12.1. The Hall–Kier alpha value is -1.81. The van der Waals surface area contributed by atoms with Crippen molar-refractivity contribution in [3.05, 3.63) is 0 Å². The molecule has 0 saturated carbocycles. The molecule has 0 bridgehead atoms. The molecule has 1 atom stereocenters. The predicted octanol–water partition coefficient (Wildman–Crippen LogP) is 0.863. The fourth-order valence-corrected chi connectivity index (χ4v) is 2.32. The van der Waals surface area contributed by atoms with Crippen molar-refractivity contribution in [3.8, 4) is 6.07 Å². The second kappa shape index (κ2) is 8.59. The molecule has 2 N–H and O–H groups in total. The molecule has 0 aliphatic carbocycles. The van der Waals surface area contributed by atoms with Crippen LogP contribution in [0, 0.1) is 17.2 Å². The standard InChI is InChI=1S/C15H26N4O3/c1-15(2,3)22-14(21)18-8-7-17-13(20)12-5-4-9-19(11-12)10-6-16/h12H,4-5,7-11H2,1-3H3,(H,17,20)(H,18,21)/t12-/m1/s1. The van der Waals surface area contributed by atoms with Crippen LogP contribution in [-0.2, 0) is 9.53 Å². The number of rotatable bonds is 5. The van der Waals surface area contributed by atoms with E-state index < -0.39 is 11.7 Å². The third-order valence-electron chi connectivity index (χ3n) is 3.26. The van der Waals surface area contributed by atoms with Gasteiger partial charge in [0.1, 0.15) is 5.60 Å². The molecule has 1 aliphatic rings. The minimum atomic E-state index is -0.528. The number of carbonyl (C=O) groups excluding carboxylic acids is 2. The normalized spacial score (nSPS) is 19.1. The Morgan fingerprint density at radius 1 is 1.32 bits per heavy atom. The smallest absolute Gasteiger partial charge is 0.407 e. The van der Waals surface area contributed by atoms with Crippen molar-refractivity contribution in [2.24, 2.45) is 5.92 Å². The average Bonchev–Trinajstić information content (AvgIpc) is 2.42. The molecular weight excluding hydrogens is 284 g/mol. The highest BCUT2D eigenvalue weighted by Crippen LogP contribution is 2.15. The highest BCUT2D eigenvalue weighted by molar-refractivity contribution is 5.79. The van der Waals surface area contributed by atoms with Gasteiger partial charge in [-0.1, -0.05) is 0 Å². The van der Waals surface area contributed by atoms with Crippen LogP contribution < -0.4 is 10.6 Å². The first-order chi connectivity index (χ1) is 10.3. The number of carbonyl (C=O) groups is 2. The number of hydrogen-bond acceptors (Lipinski definition) is 5. The van der Waals surface area contributed by atoms with Gasteiger partial charge in [0.15, 0.2) is 0 Å². The molecule has 0 radical (unpaired) electrons. The summed E-state index contributed by atoms with van der Waals surface area (Å²) in [6.07, 6.45) is 1.28. The summed E-state index contributed by atoms with van der Waals surface area (Å²) in [4.78, 5) is 25.5. The lowest BCUT2D eigenvalue weighted by Gasteiger charge is -2.30. The highest BCUT2D eigenvalue weighted by Gasteiger charge is 2.25. The van der Waals surface area contributed by atoms with Crippen molar-refractivity contribution >= 4 is 12.0 Å². The summed E-state index contributed by atoms with van der Waals surface area (Å²) in [5.74, 6) is -0.0998. The summed E-state index contributed by atoms with van der Waals surface area (Å²) in [7, 11) is 0. The van der Waals surface area contributed by atoms with Gasteiger partial charge in [0.05, 0.1) is 18.5 Å². The third kappa shape index (κ3) is 7.27. The predicted molar refractivity (Wildman–Crippen MR) is 82.0 cm³/mol. The Labute approximate surface area is 132 Å². The Morgan fingerprint density at radius 2 is 2.00 bits per heavy atom. The van der Waals surface area contributed by atoms with Crippen LogP contribution in [0.1, 0.15) is 33.6 Å². The molecule has 1 rings (SSSR count). The van der Waals surface area contributed by atoms with Crippen LogP contribution in [0.15, 0.2) is 0 Å². The number of piperidine rings is 1. The number of alkyl carbamates (subject to hydrolysis) is 1. The van der Waals surface area contributed by atoms with E-state index in [0.29, 0.717) is 26.2 Å². The van der Waals surface area contributed by atoms with Gasteiger partial charge < -0.3 is 15.4 Å². The summed E-state index contributed by atoms with van der Waals surface area (Å²) in [6.45, 7) is 7.95. The SMILES string of the molecule is CC(C)(C)OC(=O)NCCNC(=O)[C@@H]1CCCN(CC#N)C1. The molecule has 0 aromatic rings. The molecule has 1 fully saturated rings. The fraction of sp³-hybridized carbons (Fsp3) is 0.800. The highest BCUT2D eigenvalue weighted by atomic mass is 16.6. The van der Waals surface area contributed by atoms with E-state index in [9.17, 15) is 9.59 Å². The number of nitrogens with one attached hydrogen (secondary N) is 2. The lowest BCUT2D eigenvalue weighted by molar-refractivity contribution is -0.126. The summed E-state index contributed by atoms with van der Waals surface area (Å²) in [5.41, 5.74) is -0.528. The van der Waals surface area contributed by atoms with E-state index in [1.165, 1.54) is 0 Å². The van der Waals surface area contributed by atoms with E-state index in [-0.39, 0.29) is 11.8 Å². The van der Waals surface area contributed by atoms with Gasteiger partial charge in [-0.15, -0.1) is 0 Å². The lowest BCUT2D eigenvalue weighted by Crippen LogP contribution is -2.45. The molecule has 0 unspecified atom stereocenters. The van der Waals surface area contributed by atoms with Crippen LogP contribution >= 0.6 is 0 Å². The zero-order valence-corrected chi connectivity index (χ0v) is 13.6. The summed E-state index contributed by atoms with van der Waals surface area (Å²) in [6, 6.07) is 2.11. The van der Waals surface area contributed by atoms with Gasteiger partial charge in [0.2, 0.25) is 5.91 Å². The molecule has 0 aromatic carbocycles. The number of likely N-dealkylation sites (tertiary alicyclic amines) is 1. The summed E-state index contributed by atoms with van der Waals surface area (Å²) < 4.78 is 5.10. The largest absolute Gasteiger partial charge is 0.444 e. The number of amides is 2. The third-order valence-corrected chi connectivity index (χ3v) is 3.26. The van der Waals surface area contributed by atoms with Gasteiger partial charge in [0, 0.05) is 19.6 Å². The van der Waals surface area contributed by atoms with Crippen LogP contribution in [0.25, 0.3) is 0 Å². The number of nitrogens with zero attached hydrogens (tertiary/aromatic N) is 2. The van der Waals surface area contributed by atoms with E-state index in [1.807, 2.05) is 4.90 Å². The van der Waals surface area contributed by atoms with E-state index >= 15 is 0 Å². The first kappa shape index (κ1) is 18.2. The zero-order chi connectivity index (χ0) is 16.6. The Balaban J connectivity index is 2.20. The van der Waals surface area contributed by atoms with Crippen LogP contribution in [-0.4, -0.2) is 55.2 Å². The molecule has 22 heavy (non-hydrogen) atoms. The van der Waals surface area contributed by atoms with Gasteiger partial charge in [0.25, 0.3) is 0 Å². The number of hydrogen-bond donors (Lipinski definition) is 2. The number of nitriles is 1. The second-order valence-corrected chi connectivity index (χ2v) is 6.45. The van der Waals surface area contributed by atoms with Crippen LogP contribution in [0.4, 0.5) is 4.79 Å². The second-order valence-electron chi connectivity index (χ2n) is 6.45. The summed E-state index contributed by atoms with van der Waals surface area (Å²) >= 11 is 0. The number of ether oxygens (including phenoxy) is 1. The molecule has 1 saturated heterocycles. The Bertz CT molecular complexity index is 425. The van der Waals surface area contributed by atoms with Crippen LogP contribution in [0.2, 0.25) is 0 Å². The molecule has 1 heterocycles. The first-order valence-corrected chi connectivity index (χ1v) is 7.65. The van der Waals surface area contributed by atoms with Gasteiger partial charge >= 0.3 is 6.09 Å². The van der Waals surface area contributed by atoms with Crippen molar-refractivity contribution in [1.82, 2.24) is 15.5 Å². The maximum absolute atomic E-state index is 12.1. The van der Waals surface area contributed by atoms with Crippen LogP contribution in [0.5, 0.6) is 0 Å². The molecule has 7 nitrogen and oxygen atoms in total. The van der Waals surface area contributed by atoms with Gasteiger partial charge in [-0.2, -0.15) is 5.26 Å². The van der Waals surface area contributed by atoms with E-state index in [1.54, 1.807) is 20.8 Å². The van der Waals surface area contributed by atoms with Crippen molar-refractivity contribution in [2.45, 2.75) is 39.2 Å². The lowest BCUT2D eigenvalue weighted by atomic mass is 9.97. The fourth-order valence-electron chi connectivity index (χ4n) is 2.32. The molecule has 7 heteroatoms.